The van der Waals surface area contributed by atoms with Gasteiger partial charge in [-0.3, -0.25) is 0 Å². The predicted octanol–water partition coefficient (Wildman–Crippen LogP) is 2.58. The molecule has 1 atom stereocenters. The van der Waals surface area contributed by atoms with Gasteiger partial charge < -0.3 is 5.32 Å². The number of nitrogens with zero attached hydrogens (tertiary/aromatic N) is 3. The highest BCUT2D eigenvalue weighted by atomic mass is 15.2. The van der Waals surface area contributed by atoms with E-state index in [0.717, 1.165) is 17.9 Å². The van der Waals surface area contributed by atoms with E-state index in [-0.39, 0.29) is 0 Å². The molecule has 1 aromatic rings. The lowest BCUT2D eigenvalue weighted by atomic mass is 9.82. The van der Waals surface area contributed by atoms with Gasteiger partial charge in [-0.15, -0.1) is 5.10 Å². The van der Waals surface area contributed by atoms with Crippen LogP contribution in [0.1, 0.15) is 39.1 Å². The number of hydrogen-bond donors (Lipinski definition) is 1. The van der Waals surface area contributed by atoms with E-state index in [4.69, 9.17) is 0 Å². The van der Waals surface area contributed by atoms with Gasteiger partial charge in [-0.05, 0) is 25.2 Å². The van der Waals surface area contributed by atoms with E-state index in [1.807, 2.05) is 13.8 Å². The van der Waals surface area contributed by atoms with Crippen molar-refractivity contribution in [3.63, 3.8) is 0 Å². The first-order valence-corrected chi connectivity index (χ1v) is 5.72. The average Bonchev–Trinajstić information content (AvgIpc) is 2.18. The number of anilines is 1. The molecule has 90 valence electrons. The molecule has 0 amide bonds. The van der Waals surface area contributed by atoms with Crippen LogP contribution in [0.25, 0.3) is 0 Å². The van der Waals surface area contributed by atoms with Crippen LogP contribution in [0.3, 0.4) is 0 Å². The summed E-state index contributed by atoms with van der Waals surface area (Å²) in [6.45, 7) is 13.7. The second-order valence-electron chi connectivity index (χ2n) is 5.45. The third-order valence-corrected chi connectivity index (χ3v) is 3.14. The Morgan fingerprint density at radius 2 is 1.75 bits per heavy atom. The quantitative estimate of drug-likeness (QED) is 0.854. The summed E-state index contributed by atoms with van der Waals surface area (Å²) in [5, 5.41) is 11.3. The molecule has 1 aromatic heterocycles. The minimum absolute atomic E-state index is 0.292. The summed E-state index contributed by atoms with van der Waals surface area (Å²) in [6, 6.07) is 0. The third-order valence-electron chi connectivity index (χ3n) is 3.14. The first kappa shape index (κ1) is 12.9. The van der Waals surface area contributed by atoms with Crippen molar-refractivity contribution in [1.82, 2.24) is 15.2 Å². The lowest BCUT2D eigenvalue weighted by molar-refractivity contribution is 0.274. The number of aromatic nitrogens is 3. The van der Waals surface area contributed by atoms with Crippen LogP contribution in [0, 0.1) is 25.2 Å². The first-order chi connectivity index (χ1) is 7.30. The summed E-state index contributed by atoms with van der Waals surface area (Å²) < 4.78 is 0. The number of rotatable bonds is 3. The Morgan fingerprint density at radius 3 is 2.25 bits per heavy atom. The second-order valence-corrected chi connectivity index (χ2v) is 5.45. The highest BCUT2D eigenvalue weighted by Crippen LogP contribution is 2.25. The molecule has 0 aliphatic carbocycles. The van der Waals surface area contributed by atoms with Gasteiger partial charge in [-0.2, -0.15) is 5.10 Å². The maximum atomic E-state index is 4.34. The number of hydrogen-bond acceptors (Lipinski definition) is 4. The minimum Gasteiger partial charge on any atom is -0.353 e. The summed E-state index contributed by atoms with van der Waals surface area (Å²) >= 11 is 0. The van der Waals surface area contributed by atoms with Crippen molar-refractivity contribution in [1.29, 1.82) is 0 Å². The Hall–Kier alpha value is -1.19. The SMILES string of the molecule is Cc1nnc(NCC(C)C(C)(C)C)nc1C. The van der Waals surface area contributed by atoms with Gasteiger partial charge in [-0.1, -0.05) is 27.7 Å². The van der Waals surface area contributed by atoms with E-state index in [2.05, 4.69) is 48.2 Å². The Bertz CT molecular complexity index is 355. The van der Waals surface area contributed by atoms with Crippen LogP contribution in [-0.2, 0) is 0 Å². The maximum absolute atomic E-state index is 4.34. The van der Waals surface area contributed by atoms with Crippen molar-refractivity contribution in [2.75, 3.05) is 11.9 Å². The molecule has 0 saturated carbocycles. The molecule has 1 N–H and O–H groups in total. The zero-order valence-electron chi connectivity index (χ0n) is 11.1. The van der Waals surface area contributed by atoms with Gasteiger partial charge in [0.1, 0.15) is 0 Å². The van der Waals surface area contributed by atoms with Gasteiger partial charge in [0, 0.05) is 6.54 Å². The Balaban J connectivity index is 2.58. The predicted molar refractivity (Wildman–Crippen MR) is 66.4 cm³/mol. The molecular formula is C12H22N4. The fourth-order valence-corrected chi connectivity index (χ4v) is 1.08. The van der Waals surface area contributed by atoms with Gasteiger partial charge in [0.25, 0.3) is 0 Å². The molecule has 1 rings (SSSR count). The van der Waals surface area contributed by atoms with Crippen LogP contribution in [-0.4, -0.2) is 21.7 Å². The molecule has 0 bridgehead atoms. The van der Waals surface area contributed by atoms with E-state index >= 15 is 0 Å². The molecule has 0 radical (unpaired) electrons. The standard InChI is InChI=1S/C12H22N4/c1-8(12(4,5)6)7-13-11-14-9(2)10(3)15-16-11/h8H,7H2,1-6H3,(H,13,14,16). The summed E-state index contributed by atoms with van der Waals surface area (Å²) in [4.78, 5) is 4.34. The van der Waals surface area contributed by atoms with Gasteiger partial charge in [0.2, 0.25) is 5.95 Å². The zero-order valence-corrected chi connectivity index (χ0v) is 11.1. The molecular weight excluding hydrogens is 200 g/mol. The second kappa shape index (κ2) is 4.76. The van der Waals surface area contributed by atoms with Crippen LogP contribution in [0.2, 0.25) is 0 Å². The minimum atomic E-state index is 0.292. The van der Waals surface area contributed by atoms with Crippen LogP contribution in [0.4, 0.5) is 5.95 Å². The fraction of sp³-hybridized carbons (Fsp3) is 0.750. The highest BCUT2D eigenvalue weighted by Gasteiger charge is 2.19. The summed E-state index contributed by atoms with van der Waals surface area (Å²) in [7, 11) is 0. The lowest BCUT2D eigenvalue weighted by Crippen LogP contribution is -2.25. The van der Waals surface area contributed by atoms with Crippen molar-refractivity contribution < 1.29 is 0 Å². The van der Waals surface area contributed by atoms with Crippen LogP contribution in [0.5, 0.6) is 0 Å². The largest absolute Gasteiger partial charge is 0.353 e. The topological polar surface area (TPSA) is 50.7 Å². The Morgan fingerprint density at radius 1 is 1.12 bits per heavy atom. The third kappa shape index (κ3) is 3.43. The molecule has 16 heavy (non-hydrogen) atoms. The van der Waals surface area contributed by atoms with Crippen LogP contribution >= 0.6 is 0 Å². The van der Waals surface area contributed by atoms with E-state index in [0.29, 0.717) is 17.3 Å². The van der Waals surface area contributed by atoms with E-state index in [1.54, 1.807) is 0 Å². The zero-order chi connectivity index (χ0) is 12.3. The highest BCUT2D eigenvalue weighted by molar-refractivity contribution is 5.24. The molecule has 4 nitrogen and oxygen atoms in total. The first-order valence-electron chi connectivity index (χ1n) is 5.72. The summed E-state index contributed by atoms with van der Waals surface area (Å²) in [5.74, 6) is 1.18. The monoisotopic (exact) mass is 222 g/mol. The molecule has 0 aromatic carbocycles. The molecule has 0 aliphatic rings. The smallest absolute Gasteiger partial charge is 0.242 e. The van der Waals surface area contributed by atoms with Gasteiger partial charge in [-0.25, -0.2) is 4.98 Å². The Kier molecular flexibility index (Phi) is 3.83. The molecule has 1 heterocycles. The van der Waals surface area contributed by atoms with E-state index in [1.165, 1.54) is 0 Å². The van der Waals surface area contributed by atoms with Gasteiger partial charge >= 0.3 is 0 Å². The van der Waals surface area contributed by atoms with Crippen LogP contribution < -0.4 is 5.32 Å². The molecule has 0 saturated heterocycles. The van der Waals surface area contributed by atoms with Gasteiger partial charge in [0.15, 0.2) is 0 Å². The summed E-state index contributed by atoms with van der Waals surface area (Å²) in [6.07, 6.45) is 0. The molecule has 1 unspecified atom stereocenters. The van der Waals surface area contributed by atoms with Crippen molar-refractivity contribution in [3.8, 4) is 0 Å². The molecule has 4 heteroatoms. The fourth-order valence-electron chi connectivity index (χ4n) is 1.08. The number of aryl methyl sites for hydroxylation is 2. The van der Waals surface area contributed by atoms with Crippen molar-refractivity contribution in [2.24, 2.45) is 11.3 Å². The molecule has 0 aliphatic heterocycles. The normalized spacial score (nSPS) is 13.6. The van der Waals surface area contributed by atoms with E-state index in [9.17, 15) is 0 Å². The average molecular weight is 222 g/mol. The van der Waals surface area contributed by atoms with Crippen molar-refractivity contribution >= 4 is 5.95 Å². The van der Waals surface area contributed by atoms with Crippen molar-refractivity contribution in [3.05, 3.63) is 11.4 Å². The Labute approximate surface area is 97.9 Å². The van der Waals surface area contributed by atoms with Crippen LogP contribution in [0.15, 0.2) is 0 Å². The molecule has 0 fully saturated rings. The molecule has 0 spiro atoms. The summed E-state index contributed by atoms with van der Waals surface area (Å²) in [5.41, 5.74) is 2.11. The van der Waals surface area contributed by atoms with E-state index < -0.39 is 0 Å². The van der Waals surface area contributed by atoms with Gasteiger partial charge in [0.05, 0.1) is 11.4 Å². The van der Waals surface area contributed by atoms with Crippen molar-refractivity contribution in [2.45, 2.75) is 41.5 Å². The maximum Gasteiger partial charge on any atom is 0.242 e. The number of nitrogens with one attached hydrogen (secondary N) is 1. The lowest BCUT2D eigenvalue weighted by Gasteiger charge is -2.27.